The molecule has 0 unspecified atom stereocenters. The number of hydrogen-bond donors (Lipinski definition) is 2. The van der Waals surface area contributed by atoms with Gasteiger partial charge in [0.1, 0.15) is 11.4 Å². The van der Waals surface area contributed by atoms with E-state index in [0.717, 1.165) is 0 Å². The van der Waals surface area contributed by atoms with Crippen molar-refractivity contribution in [1.82, 2.24) is 5.32 Å². The van der Waals surface area contributed by atoms with Crippen LogP contribution in [0.4, 0.5) is 11.4 Å². The Bertz CT molecular complexity index is 1170. The van der Waals surface area contributed by atoms with Gasteiger partial charge in [0.2, 0.25) is 0 Å². The van der Waals surface area contributed by atoms with Crippen LogP contribution in [0.3, 0.4) is 0 Å². The van der Waals surface area contributed by atoms with Gasteiger partial charge in [0.25, 0.3) is 17.5 Å². The van der Waals surface area contributed by atoms with Crippen molar-refractivity contribution in [1.29, 1.82) is 0 Å². The molecule has 0 atom stereocenters. The van der Waals surface area contributed by atoms with Crippen LogP contribution in [0.15, 0.2) is 84.6 Å². The zero-order chi connectivity index (χ0) is 24.5. The third-order valence-corrected chi connectivity index (χ3v) is 4.64. The molecule has 0 aliphatic rings. The maximum Gasteiger partial charge on any atom is 0.272 e. The van der Waals surface area contributed by atoms with E-state index in [1.807, 2.05) is 32.0 Å². The lowest BCUT2D eigenvalue weighted by Crippen LogP contribution is -2.30. The van der Waals surface area contributed by atoms with E-state index in [1.165, 1.54) is 24.3 Å². The fourth-order valence-corrected chi connectivity index (χ4v) is 2.90. The quantitative estimate of drug-likeness (QED) is 0.265. The molecule has 0 aliphatic heterocycles. The van der Waals surface area contributed by atoms with Crippen LogP contribution in [0, 0.1) is 16.0 Å². The molecule has 0 aliphatic carbocycles. The number of benzene rings is 3. The number of rotatable bonds is 9. The highest BCUT2D eigenvalue weighted by atomic mass is 16.6. The SMILES string of the molecule is CC(C)COc1ccc(C(=O)NC(=Cc2ccccc2)C(=O)Nc2ccc([N+](=O)[O-])cc2)cc1. The van der Waals surface area contributed by atoms with Crippen LogP contribution in [0.2, 0.25) is 0 Å². The van der Waals surface area contributed by atoms with Crippen molar-refractivity contribution in [3.8, 4) is 5.75 Å². The number of nitrogens with one attached hydrogen (secondary N) is 2. The number of nitro benzene ring substituents is 1. The zero-order valence-corrected chi connectivity index (χ0v) is 18.9. The highest BCUT2D eigenvalue weighted by Gasteiger charge is 2.16. The molecule has 0 saturated heterocycles. The summed E-state index contributed by atoms with van der Waals surface area (Å²) in [6, 6.07) is 21.2. The van der Waals surface area contributed by atoms with E-state index >= 15 is 0 Å². The Morgan fingerprint density at radius 1 is 0.971 bits per heavy atom. The lowest BCUT2D eigenvalue weighted by atomic mass is 10.1. The van der Waals surface area contributed by atoms with Gasteiger partial charge in [-0.15, -0.1) is 0 Å². The van der Waals surface area contributed by atoms with Gasteiger partial charge in [0.05, 0.1) is 11.5 Å². The largest absolute Gasteiger partial charge is 0.493 e. The Kier molecular flexibility index (Phi) is 8.12. The third kappa shape index (κ3) is 7.03. The van der Waals surface area contributed by atoms with Crippen LogP contribution in [0.25, 0.3) is 6.08 Å². The first-order valence-corrected chi connectivity index (χ1v) is 10.7. The highest BCUT2D eigenvalue weighted by molar-refractivity contribution is 6.10. The maximum absolute atomic E-state index is 13.0. The predicted octanol–water partition coefficient (Wildman–Crippen LogP) is 5.04. The number of hydrogen-bond acceptors (Lipinski definition) is 5. The average Bonchev–Trinajstić information content (AvgIpc) is 2.83. The number of ether oxygens (including phenoxy) is 1. The van der Waals surface area contributed by atoms with Crippen molar-refractivity contribution in [3.63, 3.8) is 0 Å². The fourth-order valence-electron chi connectivity index (χ4n) is 2.90. The summed E-state index contributed by atoms with van der Waals surface area (Å²) in [7, 11) is 0. The molecule has 174 valence electrons. The molecule has 8 heteroatoms. The summed E-state index contributed by atoms with van der Waals surface area (Å²) in [5.41, 5.74) is 1.37. The number of anilines is 1. The first-order chi connectivity index (χ1) is 16.3. The van der Waals surface area contributed by atoms with Crippen LogP contribution < -0.4 is 15.4 Å². The van der Waals surface area contributed by atoms with E-state index < -0.39 is 16.7 Å². The summed E-state index contributed by atoms with van der Waals surface area (Å²) in [5, 5.41) is 16.2. The van der Waals surface area contributed by atoms with Crippen molar-refractivity contribution < 1.29 is 19.2 Å². The van der Waals surface area contributed by atoms with Crippen molar-refractivity contribution in [2.45, 2.75) is 13.8 Å². The van der Waals surface area contributed by atoms with Crippen molar-refractivity contribution >= 4 is 29.3 Å². The molecule has 2 amide bonds. The van der Waals surface area contributed by atoms with Crippen LogP contribution in [0.1, 0.15) is 29.8 Å². The van der Waals surface area contributed by atoms with Crippen LogP contribution in [-0.4, -0.2) is 23.3 Å². The van der Waals surface area contributed by atoms with Gasteiger partial charge in [-0.3, -0.25) is 19.7 Å². The number of nitrogens with zero attached hydrogens (tertiary/aromatic N) is 1. The molecule has 34 heavy (non-hydrogen) atoms. The molecule has 2 N–H and O–H groups in total. The second-order valence-electron chi connectivity index (χ2n) is 7.91. The second-order valence-corrected chi connectivity index (χ2v) is 7.91. The van der Waals surface area contributed by atoms with E-state index in [0.29, 0.717) is 35.1 Å². The van der Waals surface area contributed by atoms with E-state index in [-0.39, 0.29) is 11.4 Å². The lowest BCUT2D eigenvalue weighted by Gasteiger charge is -2.12. The Labute approximate surface area is 197 Å². The van der Waals surface area contributed by atoms with Crippen LogP contribution in [0.5, 0.6) is 5.75 Å². The summed E-state index contributed by atoms with van der Waals surface area (Å²) >= 11 is 0. The molecular weight excluding hydrogens is 434 g/mol. The van der Waals surface area contributed by atoms with Crippen LogP contribution in [-0.2, 0) is 4.79 Å². The van der Waals surface area contributed by atoms with E-state index in [9.17, 15) is 19.7 Å². The zero-order valence-electron chi connectivity index (χ0n) is 18.9. The summed E-state index contributed by atoms with van der Waals surface area (Å²) in [6.07, 6.45) is 1.55. The van der Waals surface area contributed by atoms with Gasteiger partial charge < -0.3 is 15.4 Å². The molecule has 0 fully saturated rings. The molecule has 0 aromatic heterocycles. The van der Waals surface area contributed by atoms with E-state index in [4.69, 9.17) is 4.74 Å². The molecule has 3 aromatic carbocycles. The molecule has 0 spiro atoms. The first-order valence-electron chi connectivity index (χ1n) is 10.7. The van der Waals surface area contributed by atoms with Gasteiger partial charge in [-0.05, 0) is 54.0 Å². The number of carbonyl (C=O) groups is 2. The lowest BCUT2D eigenvalue weighted by molar-refractivity contribution is -0.384. The molecule has 8 nitrogen and oxygen atoms in total. The Morgan fingerprint density at radius 3 is 2.21 bits per heavy atom. The molecule has 3 rings (SSSR count). The molecule has 0 bridgehead atoms. The van der Waals surface area contributed by atoms with Gasteiger partial charge in [0, 0.05) is 23.4 Å². The number of non-ortho nitro benzene ring substituents is 1. The molecule has 0 saturated carbocycles. The Hall–Kier alpha value is -4.46. The summed E-state index contributed by atoms with van der Waals surface area (Å²) in [5.74, 6) is 0.00326. The smallest absolute Gasteiger partial charge is 0.272 e. The number of carbonyl (C=O) groups excluding carboxylic acids is 2. The minimum absolute atomic E-state index is 0.0229. The maximum atomic E-state index is 13.0. The minimum atomic E-state index is -0.567. The first kappa shape index (κ1) is 24.2. The Morgan fingerprint density at radius 2 is 1.62 bits per heavy atom. The van der Waals surface area contributed by atoms with Gasteiger partial charge in [-0.25, -0.2) is 0 Å². The van der Waals surface area contributed by atoms with Crippen molar-refractivity contribution in [2.24, 2.45) is 5.92 Å². The monoisotopic (exact) mass is 459 g/mol. The predicted molar refractivity (Wildman–Crippen MR) is 130 cm³/mol. The average molecular weight is 460 g/mol. The van der Waals surface area contributed by atoms with Gasteiger partial charge >= 0.3 is 0 Å². The molecule has 0 radical (unpaired) electrons. The number of amides is 2. The Balaban J connectivity index is 1.77. The van der Waals surface area contributed by atoms with Crippen molar-refractivity contribution in [3.05, 3.63) is 106 Å². The van der Waals surface area contributed by atoms with E-state index in [1.54, 1.807) is 42.5 Å². The van der Waals surface area contributed by atoms with Crippen molar-refractivity contribution in [2.75, 3.05) is 11.9 Å². The number of nitro groups is 1. The topological polar surface area (TPSA) is 111 Å². The minimum Gasteiger partial charge on any atom is -0.493 e. The summed E-state index contributed by atoms with van der Waals surface area (Å²) < 4.78 is 5.64. The van der Waals surface area contributed by atoms with Gasteiger partial charge in [-0.1, -0.05) is 44.2 Å². The highest BCUT2D eigenvalue weighted by Crippen LogP contribution is 2.17. The standard InChI is InChI=1S/C26H25N3O5/c1-18(2)17-34-23-14-8-20(9-15-23)25(30)28-24(16-19-6-4-3-5-7-19)26(31)27-21-10-12-22(13-11-21)29(32)33/h3-16,18H,17H2,1-2H3,(H,27,31)(H,28,30). The van der Waals surface area contributed by atoms with Gasteiger partial charge in [0.15, 0.2) is 0 Å². The van der Waals surface area contributed by atoms with E-state index in [2.05, 4.69) is 10.6 Å². The van der Waals surface area contributed by atoms with Crippen LogP contribution >= 0.6 is 0 Å². The fraction of sp³-hybridized carbons (Fsp3) is 0.154. The molecule has 3 aromatic rings. The summed E-state index contributed by atoms with van der Waals surface area (Å²) in [6.45, 7) is 4.66. The van der Waals surface area contributed by atoms with Gasteiger partial charge in [-0.2, -0.15) is 0 Å². The second kappa shape index (κ2) is 11.4. The molecule has 0 heterocycles. The molecular formula is C26H25N3O5. The summed E-state index contributed by atoms with van der Waals surface area (Å²) in [4.78, 5) is 36.1. The normalized spacial score (nSPS) is 11.1. The third-order valence-electron chi connectivity index (χ3n) is 4.64.